The van der Waals surface area contributed by atoms with Crippen LogP contribution in [0.3, 0.4) is 0 Å². The summed E-state index contributed by atoms with van der Waals surface area (Å²) in [6.45, 7) is 8.10. The van der Waals surface area contributed by atoms with E-state index in [4.69, 9.17) is 14.7 Å². The number of nitrogens with zero attached hydrogens (tertiary/aromatic N) is 3. The van der Waals surface area contributed by atoms with Gasteiger partial charge in [-0.05, 0) is 58.8 Å². The Morgan fingerprint density at radius 3 is 2.76 bits per heavy atom. The first-order valence-electron chi connectivity index (χ1n) is 8.03. The van der Waals surface area contributed by atoms with Crippen LogP contribution >= 0.6 is 0 Å². The quantitative estimate of drug-likeness (QED) is 0.908. The summed E-state index contributed by atoms with van der Waals surface area (Å²) in [4.78, 5) is 12.0. The third kappa shape index (κ3) is 3.10. The van der Waals surface area contributed by atoms with E-state index in [-0.39, 0.29) is 6.10 Å². The van der Waals surface area contributed by atoms with Gasteiger partial charge in [0.25, 0.3) is 0 Å². The van der Waals surface area contributed by atoms with Crippen LogP contribution in [-0.4, -0.2) is 54.2 Å². The summed E-state index contributed by atoms with van der Waals surface area (Å²) in [6.07, 6.45) is 3.58. The number of rotatable bonds is 4. The van der Waals surface area contributed by atoms with Crippen LogP contribution in [0, 0.1) is 13.8 Å². The Balaban J connectivity index is 1.76. The summed E-state index contributed by atoms with van der Waals surface area (Å²) in [5.74, 6) is 0.864. The molecular formula is C16H26N4O. The van der Waals surface area contributed by atoms with E-state index in [2.05, 4.69) is 24.1 Å². The highest BCUT2D eigenvalue weighted by Gasteiger charge is 2.34. The minimum Gasteiger partial charge on any atom is -0.367 e. The van der Waals surface area contributed by atoms with E-state index in [0.717, 1.165) is 43.3 Å². The zero-order valence-corrected chi connectivity index (χ0v) is 13.4. The summed E-state index contributed by atoms with van der Waals surface area (Å²) in [5.41, 5.74) is 3.46. The van der Waals surface area contributed by atoms with Gasteiger partial charge in [-0.2, -0.15) is 0 Å². The van der Waals surface area contributed by atoms with Crippen molar-refractivity contribution < 1.29 is 4.74 Å². The lowest BCUT2D eigenvalue weighted by atomic mass is 10.1. The topological polar surface area (TPSA) is 50.3 Å². The maximum absolute atomic E-state index is 6.03. The molecule has 1 aromatic heterocycles. The van der Waals surface area contributed by atoms with E-state index in [1.54, 1.807) is 0 Å². The molecule has 2 saturated heterocycles. The molecule has 2 fully saturated rings. The van der Waals surface area contributed by atoms with Gasteiger partial charge in [0.2, 0.25) is 0 Å². The van der Waals surface area contributed by atoms with Crippen molar-refractivity contribution in [3.05, 3.63) is 22.8 Å². The van der Waals surface area contributed by atoms with Gasteiger partial charge in [0, 0.05) is 24.0 Å². The van der Waals surface area contributed by atoms with Gasteiger partial charge in [-0.3, -0.25) is 4.90 Å². The first kappa shape index (κ1) is 14.9. The number of likely N-dealkylation sites (N-methyl/N-ethyl adjacent to an activating group) is 1. The van der Waals surface area contributed by atoms with Crippen molar-refractivity contribution in [3.8, 4) is 0 Å². The zero-order chi connectivity index (χ0) is 14.8. The summed E-state index contributed by atoms with van der Waals surface area (Å²) in [7, 11) is 1.97. The van der Waals surface area contributed by atoms with E-state index in [9.17, 15) is 0 Å². The second-order valence-electron chi connectivity index (χ2n) is 6.20. The molecule has 2 aliphatic rings. The number of hydrogen-bond donors (Lipinski definition) is 1. The number of hydrogen-bond acceptors (Lipinski definition) is 5. The lowest BCUT2D eigenvalue weighted by Crippen LogP contribution is -2.43. The number of nitrogens with one attached hydrogen (secondary N) is 1. The molecule has 1 aromatic rings. The standard InChI is InChI=1S/C16H26N4O/c1-11-14(6-7-17-3)12(2)19-16(18-11)15-9-20-8-4-5-13(20)10-21-15/h13,15,17H,4-10H2,1-3H3. The fourth-order valence-corrected chi connectivity index (χ4v) is 3.49. The molecule has 21 heavy (non-hydrogen) atoms. The van der Waals surface area contributed by atoms with Crippen LogP contribution in [0.25, 0.3) is 0 Å². The molecule has 5 heteroatoms. The number of aryl methyl sites for hydroxylation is 2. The van der Waals surface area contributed by atoms with Crippen LogP contribution < -0.4 is 5.32 Å². The fourth-order valence-electron chi connectivity index (χ4n) is 3.49. The van der Waals surface area contributed by atoms with Crippen molar-refractivity contribution in [2.45, 2.75) is 45.3 Å². The van der Waals surface area contributed by atoms with Gasteiger partial charge in [0.15, 0.2) is 5.82 Å². The summed E-state index contributed by atoms with van der Waals surface area (Å²) < 4.78 is 6.03. The molecule has 0 amide bonds. The van der Waals surface area contributed by atoms with Gasteiger partial charge in [0.1, 0.15) is 6.10 Å². The van der Waals surface area contributed by atoms with Crippen LogP contribution in [0.1, 0.15) is 41.7 Å². The zero-order valence-electron chi connectivity index (χ0n) is 13.4. The Bertz CT molecular complexity index is 482. The normalized spacial score (nSPS) is 26.0. The molecule has 0 bridgehead atoms. The van der Waals surface area contributed by atoms with Gasteiger partial charge in [-0.15, -0.1) is 0 Å². The van der Waals surface area contributed by atoms with Crippen molar-refractivity contribution in [2.75, 3.05) is 33.3 Å². The van der Waals surface area contributed by atoms with Gasteiger partial charge in [-0.1, -0.05) is 0 Å². The second kappa shape index (κ2) is 6.38. The minimum atomic E-state index is 0.0371. The van der Waals surface area contributed by atoms with E-state index in [1.165, 1.54) is 24.9 Å². The molecule has 5 nitrogen and oxygen atoms in total. The van der Waals surface area contributed by atoms with E-state index in [0.29, 0.717) is 6.04 Å². The summed E-state index contributed by atoms with van der Waals surface area (Å²) in [6, 6.07) is 0.623. The summed E-state index contributed by atoms with van der Waals surface area (Å²) in [5, 5.41) is 3.19. The second-order valence-corrected chi connectivity index (χ2v) is 6.20. The molecule has 0 radical (unpaired) electrons. The van der Waals surface area contributed by atoms with E-state index < -0.39 is 0 Å². The highest BCUT2D eigenvalue weighted by atomic mass is 16.5. The first-order valence-corrected chi connectivity index (χ1v) is 8.03. The van der Waals surface area contributed by atoms with Crippen LogP contribution in [0.15, 0.2) is 0 Å². The number of ether oxygens (including phenoxy) is 1. The van der Waals surface area contributed by atoms with Gasteiger partial charge in [-0.25, -0.2) is 9.97 Å². The Kier molecular flexibility index (Phi) is 4.52. The molecule has 3 heterocycles. The van der Waals surface area contributed by atoms with Gasteiger partial charge < -0.3 is 10.1 Å². The molecule has 0 aliphatic carbocycles. The number of fused-ring (bicyclic) bond motifs is 1. The Morgan fingerprint density at radius 2 is 2.05 bits per heavy atom. The molecular weight excluding hydrogens is 264 g/mol. The highest BCUT2D eigenvalue weighted by molar-refractivity contribution is 5.25. The maximum atomic E-state index is 6.03. The van der Waals surface area contributed by atoms with Crippen LogP contribution in [0.5, 0.6) is 0 Å². The first-order chi connectivity index (χ1) is 10.2. The maximum Gasteiger partial charge on any atom is 0.158 e. The third-order valence-corrected chi connectivity index (χ3v) is 4.74. The van der Waals surface area contributed by atoms with Crippen LogP contribution in [-0.2, 0) is 11.2 Å². The predicted octanol–water partition coefficient (Wildman–Crippen LogP) is 1.39. The van der Waals surface area contributed by atoms with Gasteiger partial charge >= 0.3 is 0 Å². The smallest absolute Gasteiger partial charge is 0.158 e. The van der Waals surface area contributed by atoms with E-state index >= 15 is 0 Å². The van der Waals surface area contributed by atoms with Crippen molar-refractivity contribution >= 4 is 0 Å². The molecule has 2 atom stereocenters. The lowest BCUT2D eigenvalue weighted by Gasteiger charge is -2.34. The number of aromatic nitrogens is 2. The molecule has 3 rings (SSSR count). The Morgan fingerprint density at radius 1 is 1.29 bits per heavy atom. The molecule has 2 aliphatic heterocycles. The van der Waals surface area contributed by atoms with Crippen molar-refractivity contribution in [1.82, 2.24) is 20.2 Å². The largest absolute Gasteiger partial charge is 0.367 e. The SMILES string of the molecule is CNCCc1c(C)nc(C2CN3CCCC3CO2)nc1C. The molecule has 116 valence electrons. The van der Waals surface area contributed by atoms with E-state index in [1.807, 2.05) is 7.05 Å². The van der Waals surface area contributed by atoms with Crippen LogP contribution in [0.2, 0.25) is 0 Å². The van der Waals surface area contributed by atoms with Crippen LogP contribution in [0.4, 0.5) is 0 Å². The Hall–Kier alpha value is -1.04. The number of morpholine rings is 1. The monoisotopic (exact) mass is 290 g/mol. The average molecular weight is 290 g/mol. The lowest BCUT2D eigenvalue weighted by molar-refractivity contribution is -0.0542. The van der Waals surface area contributed by atoms with Gasteiger partial charge in [0.05, 0.1) is 6.61 Å². The van der Waals surface area contributed by atoms with Crippen molar-refractivity contribution in [3.63, 3.8) is 0 Å². The molecule has 0 aromatic carbocycles. The molecule has 0 saturated carbocycles. The minimum absolute atomic E-state index is 0.0371. The summed E-state index contributed by atoms with van der Waals surface area (Å²) >= 11 is 0. The fraction of sp³-hybridized carbons (Fsp3) is 0.750. The Labute approximate surface area is 127 Å². The van der Waals surface area contributed by atoms with Crippen molar-refractivity contribution in [1.29, 1.82) is 0 Å². The molecule has 1 N–H and O–H groups in total. The molecule has 2 unspecified atom stereocenters. The third-order valence-electron chi connectivity index (χ3n) is 4.74. The molecule has 0 spiro atoms. The average Bonchev–Trinajstić information content (AvgIpc) is 2.93. The highest BCUT2D eigenvalue weighted by Crippen LogP contribution is 2.29. The van der Waals surface area contributed by atoms with Crippen molar-refractivity contribution in [2.24, 2.45) is 0 Å². The predicted molar refractivity (Wildman–Crippen MR) is 82.4 cm³/mol.